The maximum Gasteiger partial charge on any atom is 0.326 e. The van der Waals surface area contributed by atoms with Crippen molar-refractivity contribution < 1.29 is 24.3 Å². The van der Waals surface area contributed by atoms with E-state index in [1.54, 1.807) is 14.1 Å². The Balaban J connectivity index is 4.82. The summed E-state index contributed by atoms with van der Waals surface area (Å²) in [6.45, 7) is 1.93. The Labute approximate surface area is 123 Å². The van der Waals surface area contributed by atoms with Crippen LogP contribution in [0.15, 0.2) is 0 Å². The molecule has 0 aliphatic carbocycles. The van der Waals surface area contributed by atoms with Gasteiger partial charge in [0.05, 0.1) is 6.42 Å². The first-order valence-corrected chi connectivity index (χ1v) is 6.45. The molecule has 0 aromatic carbocycles. The number of nitrogens with one attached hydrogen (secondary N) is 1. The zero-order valence-corrected chi connectivity index (χ0v) is 12.5. The van der Waals surface area contributed by atoms with E-state index in [0.29, 0.717) is 6.42 Å². The van der Waals surface area contributed by atoms with Crippen LogP contribution >= 0.6 is 0 Å². The third-order valence-corrected chi connectivity index (χ3v) is 2.61. The summed E-state index contributed by atoms with van der Waals surface area (Å²) >= 11 is 0. The van der Waals surface area contributed by atoms with E-state index in [-0.39, 0.29) is 19.0 Å². The molecular weight excluding hydrogens is 280 g/mol. The molecule has 0 saturated carbocycles. The van der Waals surface area contributed by atoms with Crippen molar-refractivity contribution in [2.24, 2.45) is 5.73 Å². The Morgan fingerprint density at radius 3 is 2.19 bits per heavy atom. The van der Waals surface area contributed by atoms with Crippen LogP contribution in [0.3, 0.4) is 0 Å². The molecule has 0 unspecified atom stereocenters. The van der Waals surface area contributed by atoms with Crippen LogP contribution in [0.5, 0.6) is 0 Å². The maximum atomic E-state index is 12.0. The quantitative estimate of drug-likeness (QED) is 0.519. The van der Waals surface area contributed by atoms with E-state index >= 15 is 0 Å². The highest BCUT2D eigenvalue weighted by atomic mass is 16.4. The van der Waals surface area contributed by atoms with E-state index in [9.17, 15) is 19.2 Å². The highest BCUT2D eigenvalue weighted by Crippen LogP contribution is 1.99. The molecule has 0 bridgehead atoms. The third kappa shape index (κ3) is 7.14. The number of carbonyl (C=O) groups is 4. The number of hydrogen-bond acceptors (Lipinski definition) is 4. The molecule has 0 aromatic rings. The number of rotatable bonds is 8. The minimum absolute atomic E-state index is 0.171. The van der Waals surface area contributed by atoms with E-state index in [1.807, 2.05) is 6.92 Å². The van der Waals surface area contributed by atoms with Gasteiger partial charge in [-0.1, -0.05) is 6.92 Å². The first-order valence-electron chi connectivity index (χ1n) is 6.45. The van der Waals surface area contributed by atoms with Crippen LogP contribution in [0.4, 0.5) is 4.79 Å². The molecule has 1 atom stereocenters. The van der Waals surface area contributed by atoms with Crippen LogP contribution in [0.25, 0.3) is 0 Å². The van der Waals surface area contributed by atoms with Crippen molar-refractivity contribution >= 4 is 23.8 Å². The molecule has 0 heterocycles. The van der Waals surface area contributed by atoms with Crippen molar-refractivity contribution in [1.82, 2.24) is 15.1 Å². The summed E-state index contributed by atoms with van der Waals surface area (Å²) in [5.74, 6) is -2.49. The fourth-order valence-electron chi connectivity index (χ4n) is 1.47. The predicted molar refractivity (Wildman–Crippen MR) is 74.3 cm³/mol. The molecule has 0 rings (SSSR count). The highest BCUT2D eigenvalue weighted by Gasteiger charge is 2.25. The Kier molecular flexibility index (Phi) is 7.80. The van der Waals surface area contributed by atoms with Gasteiger partial charge in [0.25, 0.3) is 0 Å². The highest BCUT2D eigenvalue weighted by molar-refractivity contribution is 5.89. The second-order valence-electron chi connectivity index (χ2n) is 4.72. The van der Waals surface area contributed by atoms with Crippen LogP contribution in [0.2, 0.25) is 0 Å². The van der Waals surface area contributed by atoms with Crippen molar-refractivity contribution in [2.75, 3.05) is 27.2 Å². The van der Waals surface area contributed by atoms with Gasteiger partial charge in [0.1, 0.15) is 12.6 Å². The van der Waals surface area contributed by atoms with E-state index in [2.05, 4.69) is 5.32 Å². The van der Waals surface area contributed by atoms with Crippen LogP contribution < -0.4 is 11.1 Å². The Morgan fingerprint density at radius 1 is 1.24 bits per heavy atom. The number of urea groups is 1. The molecule has 0 aliphatic rings. The normalized spacial score (nSPS) is 11.4. The third-order valence-electron chi connectivity index (χ3n) is 2.61. The molecule has 9 heteroatoms. The van der Waals surface area contributed by atoms with Crippen LogP contribution in [0.1, 0.15) is 19.8 Å². The molecule has 21 heavy (non-hydrogen) atoms. The van der Waals surface area contributed by atoms with Gasteiger partial charge in [-0.3, -0.25) is 9.59 Å². The van der Waals surface area contributed by atoms with Crippen LogP contribution in [-0.2, 0) is 14.4 Å². The topological polar surface area (TPSA) is 133 Å². The van der Waals surface area contributed by atoms with Gasteiger partial charge in [-0.25, -0.2) is 9.59 Å². The largest absolute Gasteiger partial charge is 0.480 e. The van der Waals surface area contributed by atoms with Crippen molar-refractivity contribution in [3.63, 3.8) is 0 Å². The SMILES string of the molecule is CCCN(CC(=O)N(C)C)C(=O)N[C@H](CC(N)=O)C(=O)O. The number of primary amides is 1. The lowest BCUT2D eigenvalue weighted by Gasteiger charge is -2.25. The number of amides is 4. The minimum atomic E-state index is -1.41. The molecule has 0 aliphatic heterocycles. The molecule has 9 nitrogen and oxygen atoms in total. The average Bonchev–Trinajstić information content (AvgIpc) is 2.36. The maximum absolute atomic E-state index is 12.0. The van der Waals surface area contributed by atoms with Crippen molar-refractivity contribution in [3.05, 3.63) is 0 Å². The second kappa shape index (κ2) is 8.77. The van der Waals surface area contributed by atoms with E-state index in [1.165, 1.54) is 9.80 Å². The number of carboxylic acid groups (broad SMARTS) is 1. The first kappa shape index (κ1) is 18.7. The molecule has 0 spiro atoms. The van der Waals surface area contributed by atoms with Gasteiger partial charge in [-0.2, -0.15) is 0 Å². The summed E-state index contributed by atoms with van der Waals surface area (Å²) in [5.41, 5.74) is 4.93. The fourth-order valence-corrected chi connectivity index (χ4v) is 1.47. The number of aliphatic carboxylic acids is 1. The summed E-state index contributed by atoms with van der Waals surface area (Å²) in [5, 5.41) is 11.1. The molecule has 4 amide bonds. The summed E-state index contributed by atoms with van der Waals surface area (Å²) in [6.07, 6.45) is 0.0877. The van der Waals surface area contributed by atoms with Gasteiger partial charge in [0, 0.05) is 20.6 Å². The monoisotopic (exact) mass is 302 g/mol. The summed E-state index contributed by atoms with van der Waals surface area (Å²) in [6, 6.07) is -2.13. The fraction of sp³-hybridized carbons (Fsp3) is 0.667. The zero-order valence-electron chi connectivity index (χ0n) is 12.5. The molecule has 0 aromatic heterocycles. The summed E-state index contributed by atoms with van der Waals surface area (Å²) < 4.78 is 0. The van der Waals surface area contributed by atoms with Crippen molar-refractivity contribution in [1.29, 1.82) is 0 Å². The molecular formula is C12H22N4O5. The smallest absolute Gasteiger partial charge is 0.326 e. The molecule has 0 saturated heterocycles. The minimum Gasteiger partial charge on any atom is -0.480 e. The lowest BCUT2D eigenvalue weighted by Crippen LogP contribution is -2.51. The molecule has 0 fully saturated rings. The van der Waals surface area contributed by atoms with Crippen LogP contribution in [-0.4, -0.2) is 71.9 Å². The summed E-state index contributed by atoms with van der Waals surface area (Å²) in [4.78, 5) is 47.9. The van der Waals surface area contributed by atoms with E-state index in [4.69, 9.17) is 10.8 Å². The van der Waals surface area contributed by atoms with Gasteiger partial charge >= 0.3 is 12.0 Å². The molecule has 120 valence electrons. The standard InChI is InChI=1S/C12H22N4O5/c1-4-5-16(7-10(18)15(2)3)12(21)14-8(11(19)20)6-9(13)17/h8H,4-7H2,1-3H3,(H2,13,17)(H,14,21)(H,19,20)/t8-/m1/s1. The van der Waals surface area contributed by atoms with Crippen LogP contribution in [0, 0.1) is 0 Å². The average molecular weight is 302 g/mol. The van der Waals surface area contributed by atoms with E-state index in [0.717, 1.165) is 0 Å². The van der Waals surface area contributed by atoms with Crippen molar-refractivity contribution in [3.8, 4) is 0 Å². The second-order valence-corrected chi connectivity index (χ2v) is 4.72. The van der Waals surface area contributed by atoms with Gasteiger partial charge in [-0.15, -0.1) is 0 Å². The number of nitrogens with zero attached hydrogens (tertiary/aromatic N) is 2. The number of nitrogens with two attached hydrogens (primary N) is 1. The first-order chi connectivity index (χ1) is 9.68. The number of carboxylic acids is 1. The van der Waals surface area contributed by atoms with Gasteiger partial charge < -0.3 is 26.0 Å². The summed E-state index contributed by atoms with van der Waals surface area (Å²) in [7, 11) is 3.11. The van der Waals surface area contributed by atoms with Gasteiger partial charge in [0.2, 0.25) is 11.8 Å². The number of hydrogen-bond donors (Lipinski definition) is 3. The van der Waals surface area contributed by atoms with Gasteiger partial charge in [0.15, 0.2) is 0 Å². The lowest BCUT2D eigenvalue weighted by atomic mass is 10.2. The Bertz CT molecular complexity index is 410. The van der Waals surface area contributed by atoms with Gasteiger partial charge in [-0.05, 0) is 6.42 Å². The Hall–Kier alpha value is -2.32. The molecule has 4 N–H and O–H groups in total. The number of carbonyl (C=O) groups excluding carboxylic acids is 3. The number of likely N-dealkylation sites (N-methyl/N-ethyl adjacent to an activating group) is 1. The molecule has 0 radical (unpaired) electrons. The van der Waals surface area contributed by atoms with E-state index < -0.39 is 30.4 Å². The Morgan fingerprint density at radius 2 is 1.81 bits per heavy atom. The predicted octanol–water partition coefficient (Wildman–Crippen LogP) is -1.18. The van der Waals surface area contributed by atoms with Crippen molar-refractivity contribution in [2.45, 2.75) is 25.8 Å². The zero-order chi connectivity index (χ0) is 16.6. The lowest BCUT2D eigenvalue weighted by molar-refractivity contribution is -0.140.